The van der Waals surface area contributed by atoms with Gasteiger partial charge in [0.1, 0.15) is 0 Å². The van der Waals surface area contributed by atoms with Crippen molar-refractivity contribution < 1.29 is 4.74 Å². The van der Waals surface area contributed by atoms with E-state index >= 15 is 0 Å². The lowest BCUT2D eigenvalue weighted by atomic mass is 9.89. The van der Waals surface area contributed by atoms with Gasteiger partial charge in [-0.3, -0.25) is 4.90 Å². The van der Waals surface area contributed by atoms with Gasteiger partial charge >= 0.3 is 0 Å². The Bertz CT molecular complexity index is 827. The van der Waals surface area contributed by atoms with Crippen molar-refractivity contribution >= 4 is 34.5 Å². The number of thiophene rings is 1. The number of halogens is 2. The number of piperidine rings is 1. The minimum Gasteiger partial charge on any atom is -0.381 e. The van der Waals surface area contributed by atoms with E-state index in [2.05, 4.69) is 32.7 Å². The van der Waals surface area contributed by atoms with Gasteiger partial charge in [-0.1, -0.05) is 29.3 Å². The largest absolute Gasteiger partial charge is 0.381 e. The van der Waals surface area contributed by atoms with E-state index in [1.165, 1.54) is 38.0 Å². The average molecular weight is 497 g/mol. The van der Waals surface area contributed by atoms with E-state index in [0.29, 0.717) is 29.3 Å². The topological polar surface area (TPSA) is 41.7 Å². The second-order valence-corrected chi connectivity index (χ2v) is 10.9. The molecule has 2 aromatic rings. The van der Waals surface area contributed by atoms with Gasteiger partial charge in [-0.2, -0.15) is 11.3 Å². The first-order valence-electron chi connectivity index (χ1n) is 11.8. The molecule has 1 aromatic carbocycles. The van der Waals surface area contributed by atoms with Crippen molar-refractivity contribution in [2.75, 3.05) is 52.5 Å². The number of nitrogens with two attached hydrogens (primary N) is 1. The molecule has 7 heteroatoms. The summed E-state index contributed by atoms with van der Waals surface area (Å²) in [5, 5.41) is 6.01. The zero-order valence-corrected chi connectivity index (χ0v) is 21.1. The molecule has 0 amide bonds. The average Bonchev–Trinajstić information content (AvgIpc) is 3.44. The van der Waals surface area contributed by atoms with Gasteiger partial charge in [0.2, 0.25) is 0 Å². The summed E-state index contributed by atoms with van der Waals surface area (Å²) in [6.45, 7) is 9.03. The van der Waals surface area contributed by atoms with E-state index < -0.39 is 0 Å². The zero-order valence-electron chi connectivity index (χ0n) is 18.7. The van der Waals surface area contributed by atoms with Crippen LogP contribution in [-0.2, 0) is 11.3 Å². The van der Waals surface area contributed by atoms with Crippen molar-refractivity contribution in [3.63, 3.8) is 0 Å². The monoisotopic (exact) mass is 495 g/mol. The zero-order chi connectivity index (χ0) is 22.3. The molecule has 32 heavy (non-hydrogen) atoms. The Kier molecular flexibility index (Phi) is 9.30. The third-order valence-corrected chi connectivity index (χ3v) is 8.23. The third-order valence-electron chi connectivity index (χ3n) is 6.94. The van der Waals surface area contributed by atoms with Crippen molar-refractivity contribution in [1.29, 1.82) is 0 Å². The van der Waals surface area contributed by atoms with Crippen LogP contribution in [0, 0.1) is 11.8 Å². The van der Waals surface area contributed by atoms with Crippen LogP contribution in [0.3, 0.4) is 0 Å². The molecule has 2 atom stereocenters. The Morgan fingerprint density at radius 2 is 1.94 bits per heavy atom. The maximum atomic E-state index is 6.47. The van der Waals surface area contributed by atoms with Crippen LogP contribution in [0.1, 0.15) is 36.3 Å². The van der Waals surface area contributed by atoms with E-state index in [-0.39, 0.29) is 0 Å². The fourth-order valence-electron chi connectivity index (χ4n) is 5.13. The molecule has 0 aliphatic carbocycles. The molecule has 3 heterocycles. The predicted octanol–water partition coefficient (Wildman–Crippen LogP) is 5.35. The number of rotatable bonds is 10. The van der Waals surface area contributed by atoms with Crippen LogP contribution < -0.4 is 5.73 Å². The molecule has 4 rings (SSSR count). The first-order valence-corrected chi connectivity index (χ1v) is 13.5. The Morgan fingerprint density at radius 1 is 1.09 bits per heavy atom. The minimum atomic E-state index is 0.588. The summed E-state index contributed by atoms with van der Waals surface area (Å²) in [6, 6.07) is 8.17. The fourth-order valence-corrected chi connectivity index (χ4v) is 6.32. The lowest BCUT2D eigenvalue weighted by Gasteiger charge is -2.34. The number of nitrogens with zero attached hydrogens (tertiary/aromatic N) is 2. The van der Waals surface area contributed by atoms with E-state index in [1.54, 1.807) is 11.3 Å². The highest BCUT2D eigenvalue weighted by Gasteiger charge is 2.35. The highest BCUT2D eigenvalue weighted by Crippen LogP contribution is 2.36. The van der Waals surface area contributed by atoms with Gasteiger partial charge in [-0.05, 0) is 90.8 Å². The molecule has 2 unspecified atom stereocenters. The minimum absolute atomic E-state index is 0.588. The van der Waals surface area contributed by atoms with E-state index in [1.807, 2.05) is 12.1 Å². The van der Waals surface area contributed by atoms with Crippen LogP contribution in [0.2, 0.25) is 10.0 Å². The van der Waals surface area contributed by atoms with Crippen LogP contribution in [0.5, 0.6) is 0 Å². The van der Waals surface area contributed by atoms with E-state index in [4.69, 9.17) is 33.7 Å². The molecule has 2 saturated heterocycles. The molecule has 176 valence electrons. The van der Waals surface area contributed by atoms with Crippen LogP contribution in [0.4, 0.5) is 0 Å². The lowest BCUT2D eigenvalue weighted by Crippen LogP contribution is -2.39. The van der Waals surface area contributed by atoms with Gasteiger partial charge in [0.15, 0.2) is 0 Å². The van der Waals surface area contributed by atoms with Crippen molar-refractivity contribution in [3.05, 3.63) is 56.2 Å². The maximum Gasteiger partial charge on any atom is 0.0495 e. The SMILES string of the molecule is NCCCOCC1CCN(CC2CN(Cc3ccc(Cl)cc3Cl)CC2c2ccsc2)CC1. The molecule has 2 aliphatic rings. The Morgan fingerprint density at radius 3 is 2.66 bits per heavy atom. The van der Waals surface area contributed by atoms with Crippen LogP contribution in [0.15, 0.2) is 35.0 Å². The summed E-state index contributed by atoms with van der Waals surface area (Å²) >= 11 is 14.4. The molecule has 2 aliphatic heterocycles. The van der Waals surface area contributed by atoms with Gasteiger partial charge in [-0.15, -0.1) is 0 Å². The number of hydrogen-bond donors (Lipinski definition) is 1. The van der Waals surface area contributed by atoms with Gasteiger partial charge < -0.3 is 15.4 Å². The van der Waals surface area contributed by atoms with E-state index in [9.17, 15) is 0 Å². The first kappa shape index (κ1) is 24.5. The first-order chi connectivity index (χ1) is 15.6. The molecule has 0 saturated carbocycles. The number of ether oxygens (including phenoxy) is 1. The Hall–Kier alpha value is -0.660. The number of hydrogen-bond acceptors (Lipinski definition) is 5. The van der Waals surface area contributed by atoms with Crippen LogP contribution in [-0.4, -0.2) is 62.3 Å². The summed E-state index contributed by atoms with van der Waals surface area (Å²) in [6.07, 6.45) is 3.44. The van der Waals surface area contributed by atoms with Crippen molar-refractivity contribution in [3.8, 4) is 0 Å². The van der Waals surface area contributed by atoms with Crippen LogP contribution >= 0.6 is 34.5 Å². The predicted molar refractivity (Wildman–Crippen MR) is 136 cm³/mol. The second-order valence-electron chi connectivity index (χ2n) is 9.31. The molecule has 0 radical (unpaired) electrons. The molecule has 0 bridgehead atoms. The van der Waals surface area contributed by atoms with Crippen molar-refractivity contribution in [2.45, 2.75) is 31.7 Å². The standard InChI is InChI=1S/C25H35Cl2N3OS/c26-23-3-2-20(25(27)12-23)13-30-15-22(24(16-30)21-6-11-32-18-21)14-29-8-4-19(5-9-29)17-31-10-1-7-28/h2-3,6,11-12,18-19,22,24H,1,4-5,7-10,13-17,28H2. The maximum absolute atomic E-state index is 6.47. The highest BCUT2D eigenvalue weighted by atomic mass is 35.5. The molecule has 0 spiro atoms. The normalized spacial score (nSPS) is 23.2. The summed E-state index contributed by atoms with van der Waals surface area (Å²) in [4.78, 5) is 5.25. The molecular formula is C25H35Cl2N3OS. The lowest BCUT2D eigenvalue weighted by molar-refractivity contribution is 0.0625. The van der Waals surface area contributed by atoms with Gasteiger partial charge in [-0.25, -0.2) is 0 Å². The summed E-state index contributed by atoms with van der Waals surface area (Å²) in [7, 11) is 0. The Balaban J connectivity index is 1.32. The van der Waals surface area contributed by atoms with Gasteiger partial charge in [0.05, 0.1) is 0 Å². The summed E-state index contributed by atoms with van der Waals surface area (Å²) < 4.78 is 5.81. The Labute approximate surface area is 206 Å². The fraction of sp³-hybridized carbons (Fsp3) is 0.600. The molecular weight excluding hydrogens is 461 g/mol. The summed E-state index contributed by atoms with van der Waals surface area (Å²) in [5.74, 6) is 1.93. The summed E-state index contributed by atoms with van der Waals surface area (Å²) in [5.41, 5.74) is 8.21. The van der Waals surface area contributed by atoms with Gasteiger partial charge in [0, 0.05) is 55.4 Å². The van der Waals surface area contributed by atoms with Crippen LogP contribution in [0.25, 0.3) is 0 Å². The molecule has 2 N–H and O–H groups in total. The number of likely N-dealkylation sites (tertiary alicyclic amines) is 2. The van der Waals surface area contributed by atoms with Crippen molar-refractivity contribution in [1.82, 2.24) is 9.80 Å². The van der Waals surface area contributed by atoms with Crippen molar-refractivity contribution in [2.24, 2.45) is 17.6 Å². The quantitative estimate of drug-likeness (QED) is 0.451. The highest BCUT2D eigenvalue weighted by molar-refractivity contribution is 7.08. The third kappa shape index (κ3) is 6.69. The number of benzene rings is 1. The smallest absolute Gasteiger partial charge is 0.0495 e. The molecule has 1 aromatic heterocycles. The van der Waals surface area contributed by atoms with Gasteiger partial charge in [0.25, 0.3) is 0 Å². The second kappa shape index (κ2) is 12.2. The van der Waals surface area contributed by atoms with E-state index in [0.717, 1.165) is 49.9 Å². The molecule has 4 nitrogen and oxygen atoms in total. The molecule has 2 fully saturated rings.